The van der Waals surface area contributed by atoms with Crippen LogP contribution in [0.3, 0.4) is 0 Å². The number of benzene rings is 1. The van der Waals surface area contributed by atoms with E-state index in [4.69, 9.17) is 0 Å². The van der Waals surface area contributed by atoms with Gasteiger partial charge in [0.2, 0.25) is 0 Å². The summed E-state index contributed by atoms with van der Waals surface area (Å²) in [5.41, 5.74) is -0.0491. The summed E-state index contributed by atoms with van der Waals surface area (Å²) in [5.74, 6) is 0. The van der Waals surface area contributed by atoms with Crippen LogP contribution in [-0.4, -0.2) is 12.1 Å². The van der Waals surface area contributed by atoms with Crippen molar-refractivity contribution in [3.63, 3.8) is 0 Å². The van der Waals surface area contributed by atoms with Crippen molar-refractivity contribution in [2.24, 2.45) is 0 Å². The molecule has 2 rings (SSSR count). The van der Waals surface area contributed by atoms with Crippen molar-refractivity contribution in [3.8, 4) is 0 Å². The van der Waals surface area contributed by atoms with Gasteiger partial charge in [-0.2, -0.15) is 13.2 Å². The van der Waals surface area contributed by atoms with Gasteiger partial charge in [0.05, 0.1) is 5.56 Å². The zero-order valence-corrected chi connectivity index (χ0v) is 10.3. The molecular weight excluding hydrogens is 257 g/mol. The average molecular weight is 272 g/mol. The van der Waals surface area contributed by atoms with Crippen molar-refractivity contribution < 1.29 is 18.0 Å². The van der Waals surface area contributed by atoms with Gasteiger partial charge in [0.1, 0.15) is 0 Å². The fraction of sp³-hybridized carbons (Fsp3) is 0.462. The summed E-state index contributed by atoms with van der Waals surface area (Å²) in [6.45, 7) is 0.219. The smallest absolute Gasteiger partial charge is 0.335 e. The van der Waals surface area contributed by atoms with Crippen molar-refractivity contribution in [2.75, 3.05) is 0 Å². The predicted molar refractivity (Wildman–Crippen MR) is 64.5 cm³/mol. The largest absolute Gasteiger partial charge is 0.416 e. The topological polar surface area (TPSA) is 41.1 Å². The Kier molecular flexibility index (Phi) is 3.97. The Hall–Kier alpha value is -1.72. The molecule has 0 unspecified atom stereocenters. The highest BCUT2D eigenvalue weighted by Crippen LogP contribution is 2.29. The summed E-state index contributed by atoms with van der Waals surface area (Å²) in [7, 11) is 0. The Labute approximate surface area is 109 Å². The van der Waals surface area contributed by atoms with Crippen molar-refractivity contribution >= 4 is 6.03 Å². The van der Waals surface area contributed by atoms with Gasteiger partial charge in [0.25, 0.3) is 0 Å². The second kappa shape index (κ2) is 5.50. The molecule has 0 atom stereocenters. The Bertz CT molecular complexity index is 438. The molecule has 0 aliphatic heterocycles. The zero-order chi connectivity index (χ0) is 13.9. The van der Waals surface area contributed by atoms with Gasteiger partial charge in [-0.25, -0.2) is 4.79 Å². The SMILES string of the molecule is O=C(NCc1ccc(C(F)(F)F)cc1)NC1CCC1. The number of urea groups is 1. The van der Waals surface area contributed by atoms with Crippen molar-refractivity contribution in [1.82, 2.24) is 10.6 Å². The van der Waals surface area contributed by atoms with Crippen LogP contribution in [0.15, 0.2) is 24.3 Å². The van der Waals surface area contributed by atoms with Crippen LogP contribution < -0.4 is 10.6 Å². The van der Waals surface area contributed by atoms with Crippen LogP contribution in [0.1, 0.15) is 30.4 Å². The predicted octanol–water partition coefficient (Wildman–Crippen LogP) is 3.06. The van der Waals surface area contributed by atoms with Crippen molar-refractivity contribution in [3.05, 3.63) is 35.4 Å². The number of amides is 2. The second-order valence-electron chi connectivity index (χ2n) is 4.65. The van der Waals surface area contributed by atoms with E-state index in [2.05, 4.69) is 10.6 Å². The molecular formula is C13H15F3N2O. The first kappa shape index (κ1) is 13.7. The molecule has 0 radical (unpaired) electrons. The minimum atomic E-state index is -4.33. The molecule has 19 heavy (non-hydrogen) atoms. The molecule has 2 amide bonds. The number of carbonyl (C=O) groups is 1. The summed E-state index contributed by atoms with van der Waals surface area (Å²) in [6.07, 6.45) is -1.21. The molecule has 0 heterocycles. The number of hydrogen-bond donors (Lipinski definition) is 2. The molecule has 3 nitrogen and oxygen atoms in total. The number of halogens is 3. The summed E-state index contributed by atoms with van der Waals surface area (Å²) in [4.78, 5) is 11.4. The first-order chi connectivity index (χ1) is 8.95. The van der Waals surface area contributed by atoms with Gasteiger partial charge in [-0.1, -0.05) is 12.1 Å². The summed E-state index contributed by atoms with van der Waals surface area (Å²) in [5, 5.41) is 5.42. The van der Waals surface area contributed by atoms with Crippen LogP contribution in [-0.2, 0) is 12.7 Å². The molecule has 0 aromatic heterocycles. The lowest BCUT2D eigenvalue weighted by Crippen LogP contribution is -2.44. The fourth-order valence-corrected chi connectivity index (χ4v) is 1.78. The first-order valence-corrected chi connectivity index (χ1v) is 6.15. The lowest BCUT2D eigenvalue weighted by molar-refractivity contribution is -0.137. The van der Waals surface area contributed by atoms with Gasteiger partial charge in [-0.3, -0.25) is 0 Å². The van der Waals surface area contributed by atoms with E-state index in [1.165, 1.54) is 12.1 Å². The Balaban J connectivity index is 1.80. The molecule has 2 N–H and O–H groups in total. The van der Waals surface area contributed by atoms with Crippen LogP contribution in [0.4, 0.5) is 18.0 Å². The van der Waals surface area contributed by atoms with Crippen LogP contribution >= 0.6 is 0 Å². The Morgan fingerprint density at radius 1 is 1.21 bits per heavy atom. The minimum absolute atomic E-state index is 0.219. The summed E-state index contributed by atoms with van der Waals surface area (Å²) >= 11 is 0. The molecule has 0 saturated heterocycles. The summed E-state index contributed by atoms with van der Waals surface area (Å²) in [6, 6.07) is 4.73. The third-order valence-corrected chi connectivity index (χ3v) is 3.17. The maximum atomic E-state index is 12.3. The second-order valence-corrected chi connectivity index (χ2v) is 4.65. The van der Waals surface area contributed by atoms with Crippen molar-refractivity contribution in [2.45, 2.75) is 38.0 Å². The van der Waals surface area contributed by atoms with E-state index in [9.17, 15) is 18.0 Å². The minimum Gasteiger partial charge on any atom is -0.335 e. The number of rotatable bonds is 3. The lowest BCUT2D eigenvalue weighted by atomic mass is 9.93. The summed E-state index contributed by atoms with van der Waals surface area (Å²) < 4.78 is 37.0. The highest BCUT2D eigenvalue weighted by molar-refractivity contribution is 5.74. The van der Waals surface area contributed by atoms with E-state index in [-0.39, 0.29) is 18.6 Å². The molecule has 1 aromatic rings. The first-order valence-electron chi connectivity index (χ1n) is 6.15. The van der Waals surface area contributed by atoms with Crippen LogP contribution in [0.2, 0.25) is 0 Å². The van der Waals surface area contributed by atoms with Crippen LogP contribution in [0.5, 0.6) is 0 Å². The quantitative estimate of drug-likeness (QED) is 0.872. The van der Waals surface area contributed by atoms with E-state index in [1.54, 1.807) is 0 Å². The molecule has 1 aliphatic carbocycles. The molecule has 1 aromatic carbocycles. The number of hydrogen-bond acceptors (Lipinski definition) is 1. The third-order valence-electron chi connectivity index (χ3n) is 3.17. The van der Waals surface area contributed by atoms with Crippen LogP contribution in [0, 0.1) is 0 Å². The molecule has 0 spiro atoms. The average Bonchev–Trinajstić information content (AvgIpc) is 2.31. The van der Waals surface area contributed by atoms with Gasteiger partial charge in [0, 0.05) is 12.6 Å². The number of carbonyl (C=O) groups excluding carboxylic acids is 1. The third kappa shape index (κ3) is 3.87. The molecule has 104 valence electrons. The molecule has 1 fully saturated rings. The highest BCUT2D eigenvalue weighted by Gasteiger charge is 2.29. The molecule has 1 saturated carbocycles. The van der Waals surface area contributed by atoms with Gasteiger partial charge in [0.15, 0.2) is 0 Å². The maximum absolute atomic E-state index is 12.3. The number of alkyl halides is 3. The maximum Gasteiger partial charge on any atom is 0.416 e. The van der Waals surface area contributed by atoms with Gasteiger partial charge < -0.3 is 10.6 Å². The Morgan fingerprint density at radius 2 is 1.84 bits per heavy atom. The zero-order valence-electron chi connectivity index (χ0n) is 10.3. The van der Waals surface area contributed by atoms with E-state index in [0.717, 1.165) is 31.4 Å². The van der Waals surface area contributed by atoms with E-state index < -0.39 is 11.7 Å². The molecule has 1 aliphatic rings. The van der Waals surface area contributed by atoms with E-state index >= 15 is 0 Å². The Morgan fingerprint density at radius 3 is 2.32 bits per heavy atom. The monoisotopic (exact) mass is 272 g/mol. The molecule has 6 heteroatoms. The van der Waals surface area contributed by atoms with Crippen molar-refractivity contribution in [1.29, 1.82) is 0 Å². The van der Waals surface area contributed by atoms with Gasteiger partial charge in [-0.05, 0) is 37.0 Å². The van der Waals surface area contributed by atoms with Gasteiger partial charge >= 0.3 is 12.2 Å². The van der Waals surface area contributed by atoms with Crippen LogP contribution in [0.25, 0.3) is 0 Å². The lowest BCUT2D eigenvalue weighted by Gasteiger charge is -2.26. The van der Waals surface area contributed by atoms with E-state index in [0.29, 0.717) is 5.56 Å². The fourth-order valence-electron chi connectivity index (χ4n) is 1.78. The van der Waals surface area contributed by atoms with E-state index in [1.807, 2.05) is 0 Å². The van der Waals surface area contributed by atoms with Gasteiger partial charge in [-0.15, -0.1) is 0 Å². The standard InChI is InChI=1S/C13H15F3N2O/c14-13(15,16)10-6-4-9(5-7-10)8-17-12(19)18-11-2-1-3-11/h4-7,11H,1-3,8H2,(H2,17,18,19). The highest BCUT2D eigenvalue weighted by atomic mass is 19.4. The number of nitrogens with one attached hydrogen (secondary N) is 2. The molecule has 0 bridgehead atoms. The normalized spacial score (nSPS) is 15.7.